The van der Waals surface area contributed by atoms with Crippen LogP contribution in [-0.2, 0) is 46.9 Å². The number of aliphatic carboxylic acids is 1. The maximum atomic E-state index is 14.9. The quantitative estimate of drug-likeness (QED) is 0.0253. The average molecular weight is 755 g/mol. The lowest BCUT2D eigenvalue weighted by Crippen LogP contribution is -2.76. The summed E-state index contributed by atoms with van der Waals surface area (Å²) in [5.41, 5.74) is 8.74. The summed E-state index contributed by atoms with van der Waals surface area (Å²) in [6, 6.07) is 1.78. The van der Waals surface area contributed by atoms with Crippen LogP contribution in [0.15, 0.2) is 41.4 Å². The summed E-state index contributed by atoms with van der Waals surface area (Å²) in [6.07, 6.45) is 4.55. The molecule has 0 saturated carbocycles. The van der Waals surface area contributed by atoms with Gasteiger partial charge in [-0.25, -0.2) is 32.1 Å². The number of anilines is 1. The molecule has 2 aliphatic heterocycles. The van der Waals surface area contributed by atoms with Gasteiger partial charge in [-0.2, -0.15) is 13.9 Å². The average Bonchev–Trinajstić information content (AvgIpc) is 3.67. The van der Waals surface area contributed by atoms with E-state index in [1.807, 2.05) is 10.8 Å². The first-order valence-electron chi connectivity index (χ1n) is 15.3. The van der Waals surface area contributed by atoms with Crippen molar-refractivity contribution < 1.29 is 55.3 Å². The molecular weight excluding hydrogens is 720 g/mol. The van der Waals surface area contributed by atoms with Gasteiger partial charge >= 0.3 is 5.97 Å². The minimum absolute atomic E-state index is 0.0309. The molecule has 0 aliphatic carbocycles. The number of nitrogens with two attached hydrogens (primary N) is 2. The highest BCUT2D eigenvalue weighted by Crippen LogP contribution is 2.33. The van der Waals surface area contributed by atoms with Gasteiger partial charge in [0.05, 0.1) is 11.7 Å². The molecule has 2 atom stereocenters. The number of alkyl halides is 1. The Morgan fingerprint density at radius 1 is 1.35 bits per heavy atom. The van der Waals surface area contributed by atoms with E-state index in [2.05, 4.69) is 30.0 Å². The molecule has 20 nitrogen and oxygen atoms in total. The number of nitrogens with zero attached hydrogens (tertiary/aromatic N) is 6. The minimum atomic E-state index is -5.29. The number of aryl methyl sites for hydroxylation is 1. The highest BCUT2D eigenvalue weighted by molar-refractivity contribution is 7.80. The van der Waals surface area contributed by atoms with Crippen molar-refractivity contribution in [1.29, 1.82) is 0 Å². The van der Waals surface area contributed by atoms with Crippen molar-refractivity contribution in [1.82, 2.24) is 30.2 Å². The Kier molecular flexibility index (Phi) is 10.9. The number of carbonyl (C=O) groups excluding carboxylic acids is 2. The summed E-state index contributed by atoms with van der Waals surface area (Å²) in [5, 5.41) is 20.4. The van der Waals surface area contributed by atoms with Crippen molar-refractivity contribution in [3.8, 4) is 11.6 Å². The van der Waals surface area contributed by atoms with Crippen LogP contribution in [0, 0.1) is 0 Å². The van der Waals surface area contributed by atoms with Crippen LogP contribution in [-0.4, -0.2) is 111 Å². The van der Waals surface area contributed by atoms with Gasteiger partial charge in [0.25, 0.3) is 24.2 Å². The van der Waals surface area contributed by atoms with Gasteiger partial charge in [0, 0.05) is 31.0 Å². The largest absolute Gasteiger partial charge is 0.724 e. The first-order chi connectivity index (χ1) is 24.0. The topological polar surface area (TPSA) is 283 Å². The zero-order valence-corrected chi connectivity index (χ0v) is 28.9. The second-order valence-corrected chi connectivity index (χ2v) is 14.1. The summed E-state index contributed by atoms with van der Waals surface area (Å²) in [4.78, 5) is 51.3. The summed E-state index contributed by atoms with van der Waals surface area (Å²) in [7, 11) is -5.29. The number of nitrogens with one attached hydrogen (secondary N) is 2. The molecule has 2 amide bonds. The molecule has 5 heterocycles. The number of carboxylic acids is 1. The third-order valence-electron chi connectivity index (χ3n) is 7.93. The molecule has 0 spiro atoms. The van der Waals surface area contributed by atoms with E-state index in [-0.39, 0.29) is 36.2 Å². The van der Waals surface area contributed by atoms with E-state index in [1.165, 1.54) is 25.4 Å². The van der Waals surface area contributed by atoms with Gasteiger partial charge in [-0.3, -0.25) is 9.59 Å². The second-order valence-electron chi connectivity index (χ2n) is 12.2. The second kappa shape index (κ2) is 14.8. The molecule has 0 aromatic carbocycles. The van der Waals surface area contributed by atoms with Crippen LogP contribution in [0.1, 0.15) is 31.7 Å². The van der Waals surface area contributed by atoms with Crippen LogP contribution in [0.25, 0.3) is 5.82 Å². The number of hydrogen-bond donors (Lipinski definition) is 5. The van der Waals surface area contributed by atoms with Crippen LogP contribution in [0.4, 0.5) is 9.52 Å². The molecule has 2 aliphatic rings. The molecule has 3 aromatic heterocycles. The standard InChI is InChI=1S/C28H35FN10O10S2/c1-27(2)22(24(41)39(27)49-51(44,45)46)35-23(40)21(18-11-50-26(31)34-18)36-48-19(25(42)43)10-47-17-5-6-20(33-8-17)37-9-16(4-3-7-30)38(15-37)14-28(29)12-32-13-28/h5-6,8-9,11,15,19,22,32H,3-4,7,10,12-14,30H2,1-2H3,(H4-,31,34,35,40,42,43,44,45,46)/b36-21-/t19?,22-/m1/s1. The third kappa shape index (κ3) is 8.74. The predicted octanol–water partition coefficient (Wildman–Crippen LogP) is -1.85. The van der Waals surface area contributed by atoms with E-state index < -0.39 is 63.9 Å². The van der Waals surface area contributed by atoms with Gasteiger partial charge in [-0.05, 0) is 32.9 Å². The highest BCUT2D eigenvalue weighted by atomic mass is 32.3. The number of hydroxylamine groups is 2. The van der Waals surface area contributed by atoms with Crippen molar-refractivity contribution in [2.24, 2.45) is 10.9 Å². The summed E-state index contributed by atoms with van der Waals surface area (Å²) >= 11 is 0.933. The lowest BCUT2D eigenvalue weighted by Gasteiger charge is -2.51. The number of pyridine rings is 1. The Hall–Kier alpha value is -4.81. The Morgan fingerprint density at radius 3 is 2.65 bits per heavy atom. The Morgan fingerprint density at radius 2 is 2.10 bits per heavy atom. The summed E-state index contributed by atoms with van der Waals surface area (Å²) < 4.78 is 61.2. The van der Waals surface area contributed by atoms with Gasteiger partial charge < -0.3 is 41.3 Å². The van der Waals surface area contributed by atoms with Crippen LogP contribution < -0.4 is 31.4 Å². The van der Waals surface area contributed by atoms with Gasteiger partial charge in [0.15, 0.2) is 16.5 Å². The molecular formula is C28H35FN10O10S2. The van der Waals surface area contributed by atoms with E-state index >= 15 is 0 Å². The molecule has 2 saturated heterocycles. The van der Waals surface area contributed by atoms with Crippen molar-refractivity contribution in [3.05, 3.63) is 47.6 Å². The van der Waals surface area contributed by atoms with Gasteiger partial charge in [-0.15, -0.1) is 11.3 Å². The lowest BCUT2D eigenvalue weighted by molar-refractivity contribution is -0.715. The molecule has 1 unspecified atom stereocenters. The summed E-state index contributed by atoms with van der Waals surface area (Å²) in [6.45, 7) is 3.24. The normalized spacial score (nSPS) is 18.8. The number of rotatable bonds is 17. The number of hydrogen-bond acceptors (Lipinski definition) is 16. The number of imidazole rings is 1. The molecule has 276 valence electrons. The van der Waals surface area contributed by atoms with Crippen molar-refractivity contribution in [2.45, 2.75) is 56.6 Å². The molecule has 51 heavy (non-hydrogen) atoms. The fourth-order valence-corrected chi connectivity index (χ4v) is 6.12. The maximum absolute atomic E-state index is 14.9. The first kappa shape index (κ1) is 37.4. The SMILES string of the molecule is CC1(C)[C@H](NC(=O)/C(=N\OC(COc2ccc(-n3cc(CCCN)[n+](CC4(F)CNC4)c3)nc2)C(=O)O)c2csc(N)n2)C(=O)N1OS(=O)(=O)[O-]. The Balaban J connectivity index is 1.26. The molecule has 3 aromatic rings. The molecule has 0 radical (unpaired) electrons. The zero-order valence-electron chi connectivity index (χ0n) is 27.2. The number of thiazole rings is 1. The van der Waals surface area contributed by atoms with Crippen LogP contribution >= 0.6 is 11.3 Å². The molecule has 5 rings (SSSR count). The number of nitrogen functional groups attached to an aromatic ring is 1. The minimum Gasteiger partial charge on any atom is -0.724 e. The van der Waals surface area contributed by atoms with E-state index in [0.717, 1.165) is 17.0 Å². The fraction of sp³-hybridized carbons (Fsp3) is 0.464. The van der Waals surface area contributed by atoms with E-state index in [4.69, 9.17) is 21.0 Å². The molecule has 2 fully saturated rings. The third-order valence-corrected chi connectivity index (χ3v) is 8.93. The van der Waals surface area contributed by atoms with Crippen molar-refractivity contribution in [3.63, 3.8) is 0 Å². The fourth-order valence-electron chi connectivity index (χ4n) is 5.13. The zero-order chi connectivity index (χ0) is 37.1. The van der Waals surface area contributed by atoms with E-state index in [0.29, 0.717) is 30.3 Å². The number of β-lactam (4-membered cyclic amide) rings is 1. The number of carboxylic acid groups (broad SMARTS) is 1. The van der Waals surface area contributed by atoms with Gasteiger partial charge in [-0.1, -0.05) is 5.16 Å². The molecule has 7 N–H and O–H groups in total. The van der Waals surface area contributed by atoms with Crippen LogP contribution in [0.5, 0.6) is 5.75 Å². The van der Waals surface area contributed by atoms with Gasteiger partial charge in [0.1, 0.15) is 42.5 Å². The number of halogens is 1. The van der Waals surface area contributed by atoms with Crippen LogP contribution in [0.2, 0.25) is 0 Å². The lowest BCUT2D eigenvalue weighted by atomic mass is 9.84. The highest BCUT2D eigenvalue weighted by Gasteiger charge is 2.57. The van der Waals surface area contributed by atoms with Crippen molar-refractivity contribution in [2.75, 3.05) is 32.0 Å². The number of carbonyl (C=O) groups is 3. The monoisotopic (exact) mass is 754 g/mol. The predicted molar refractivity (Wildman–Crippen MR) is 173 cm³/mol. The number of oxime groups is 1. The smallest absolute Gasteiger partial charge is 0.351 e. The first-order valence-corrected chi connectivity index (χ1v) is 17.5. The number of aromatic nitrogens is 4. The van der Waals surface area contributed by atoms with Crippen molar-refractivity contribution >= 4 is 50.4 Å². The molecule has 23 heteroatoms. The Bertz CT molecular complexity index is 1910. The van der Waals surface area contributed by atoms with Gasteiger partial charge in [0.2, 0.25) is 16.2 Å². The maximum Gasteiger partial charge on any atom is 0.351 e. The Labute approximate surface area is 294 Å². The number of amides is 2. The van der Waals surface area contributed by atoms with E-state index in [9.17, 15) is 36.9 Å². The van der Waals surface area contributed by atoms with Crippen LogP contribution in [0.3, 0.4) is 0 Å². The van der Waals surface area contributed by atoms with E-state index in [1.54, 1.807) is 23.0 Å². The number of ether oxygens (including phenoxy) is 1. The molecule has 0 bridgehead atoms. The summed E-state index contributed by atoms with van der Waals surface area (Å²) in [5.74, 6) is -2.96.